The minimum Gasteiger partial charge on any atom is -0.457 e. The summed E-state index contributed by atoms with van der Waals surface area (Å²) in [6.07, 6.45) is 3.03. The summed E-state index contributed by atoms with van der Waals surface area (Å²) in [7, 11) is -2.99. The van der Waals surface area contributed by atoms with Crippen molar-refractivity contribution in [1.82, 2.24) is 15.3 Å². The molecule has 2 heterocycles. The van der Waals surface area contributed by atoms with Crippen molar-refractivity contribution < 1.29 is 13.2 Å². The van der Waals surface area contributed by atoms with Crippen molar-refractivity contribution in [2.45, 2.75) is 6.54 Å². The van der Waals surface area contributed by atoms with Gasteiger partial charge in [0.15, 0.2) is 0 Å². The van der Waals surface area contributed by atoms with E-state index >= 15 is 0 Å². The van der Waals surface area contributed by atoms with Crippen molar-refractivity contribution in [3.05, 3.63) is 95.4 Å². The smallest absolute Gasteiger partial charge is 0.148 e. The van der Waals surface area contributed by atoms with Crippen LogP contribution < -0.4 is 15.4 Å². The van der Waals surface area contributed by atoms with Crippen LogP contribution in [0.15, 0.2) is 90.6 Å². The number of nitrogens with one attached hydrogen (secondary N) is 2. The first-order valence-electron chi connectivity index (χ1n) is 11.7. The zero-order chi connectivity index (χ0) is 25.7. The van der Waals surface area contributed by atoms with Crippen LogP contribution in [0.4, 0.5) is 11.4 Å². The molecule has 0 spiro atoms. The molecule has 188 valence electrons. The molecule has 9 heteroatoms. The van der Waals surface area contributed by atoms with Crippen molar-refractivity contribution in [3.8, 4) is 22.8 Å². The molecule has 0 saturated heterocycles. The summed E-state index contributed by atoms with van der Waals surface area (Å²) in [5.41, 5.74) is 6.43. The van der Waals surface area contributed by atoms with Crippen LogP contribution >= 0.6 is 11.3 Å². The minimum atomic E-state index is -2.99. The van der Waals surface area contributed by atoms with Crippen LogP contribution in [-0.2, 0) is 16.4 Å². The third kappa shape index (κ3) is 6.51. The van der Waals surface area contributed by atoms with Crippen molar-refractivity contribution in [3.63, 3.8) is 0 Å². The molecular weight excluding hydrogens is 504 g/mol. The van der Waals surface area contributed by atoms with Gasteiger partial charge in [0.1, 0.15) is 21.3 Å². The number of anilines is 2. The first kappa shape index (κ1) is 24.9. The number of rotatable bonds is 10. The van der Waals surface area contributed by atoms with E-state index in [1.807, 2.05) is 78.3 Å². The van der Waals surface area contributed by atoms with E-state index in [9.17, 15) is 8.42 Å². The number of fused-ring (bicyclic) bond motifs is 1. The monoisotopic (exact) mass is 530 g/mol. The number of ether oxygens (including phenoxy) is 1. The third-order valence-corrected chi connectivity index (χ3v) is 7.48. The molecular formula is C28H26N4O3S2. The Morgan fingerprint density at radius 1 is 0.919 bits per heavy atom. The summed E-state index contributed by atoms with van der Waals surface area (Å²) in [6.45, 7) is 0.962. The lowest BCUT2D eigenvalue weighted by atomic mass is 10.1. The number of hydrogen-bond donors (Lipinski definition) is 2. The van der Waals surface area contributed by atoms with E-state index in [0.29, 0.717) is 13.1 Å². The lowest BCUT2D eigenvalue weighted by Crippen LogP contribution is -2.21. The Bertz CT molecular complexity index is 1600. The zero-order valence-corrected chi connectivity index (χ0v) is 21.9. The van der Waals surface area contributed by atoms with Gasteiger partial charge in [-0.05, 0) is 54.6 Å². The molecule has 2 aromatic heterocycles. The number of pyridine rings is 1. The molecule has 2 N–H and O–H groups in total. The second-order valence-electron chi connectivity index (χ2n) is 8.59. The van der Waals surface area contributed by atoms with Gasteiger partial charge in [-0.15, -0.1) is 11.3 Å². The van der Waals surface area contributed by atoms with E-state index in [1.54, 1.807) is 17.5 Å². The van der Waals surface area contributed by atoms with Gasteiger partial charge in [0.25, 0.3) is 0 Å². The number of sulfone groups is 1. The quantitative estimate of drug-likeness (QED) is 0.213. The predicted octanol–water partition coefficient (Wildman–Crippen LogP) is 6.03. The van der Waals surface area contributed by atoms with Crippen molar-refractivity contribution in [1.29, 1.82) is 0 Å². The van der Waals surface area contributed by atoms with E-state index in [4.69, 9.17) is 4.74 Å². The average Bonchev–Trinajstić information content (AvgIpc) is 3.36. The molecule has 0 unspecified atom stereocenters. The fraction of sp³-hybridized carbons (Fsp3) is 0.143. The number of benzene rings is 3. The van der Waals surface area contributed by atoms with Gasteiger partial charge in [-0.1, -0.05) is 24.3 Å². The van der Waals surface area contributed by atoms with E-state index in [0.717, 1.165) is 49.9 Å². The minimum absolute atomic E-state index is 0.108. The van der Waals surface area contributed by atoms with Crippen molar-refractivity contribution in [2.75, 3.05) is 23.9 Å². The summed E-state index contributed by atoms with van der Waals surface area (Å²) in [6, 6.07) is 25.6. The molecule has 0 amide bonds. The number of thiazole rings is 1. The highest BCUT2D eigenvalue weighted by atomic mass is 32.2. The molecule has 0 aliphatic rings. The zero-order valence-electron chi connectivity index (χ0n) is 20.2. The SMILES string of the molecule is CS(=O)(=O)CCNCc1scnc1-c1ccc2nccc(Nc3ccc(Oc4ccccc4)cc3)c2c1. The molecule has 0 aliphatic heterocycles. The van der Waals surface area contributed by atoms with Crippen molar-refractivity contribution >= 4 is 43.5 Å². The Labute approximate surface area is 220 Å². The molecule has 5 rings (SSSR count). The van der Waals surface area contributed by atoms with Gasteiger partial charge in [-0.2, -0.15) is 0 Å². The number of hydrogen-bond acceptors (Lipinski definition) is 8. The highest BCUT2D eigenvalue weighted by Gasteiger charge is 2.12. The van der Waals surface area contributed by atoms with Crippen LogP contribution in [-0.4, -0.2) is 36.9 Å². The van der Waals surface area contributed by atoms with Gasteiger partial charge in [0, 0.05) is 52.7 Å². The first-order valence-corrected chi connectivity index (χ1v) is 14.7. The second-order valence-corrected chi connectivity index (χ2v) is 11.8. The Hall–Kier alpha value is -3.79. The lowest BCUT2D eigenvalue weighted by Gasteiger charge is -2.12. The van der Waals surface area contributed by atoms with E-state index in [2.05, 4.69) is 26.7 Å². The largest absolute Gasteiger partial charge is 0.457 e. The summed E-state index contributed by atoms with van der Waals surface area (Å²) < 4.78 is 28.7. The molecule has 37 heavy (non-hydrogen) atoms. The molecule has 0 bridgehead atoms. The van der Waals surface area contributed by atoms with E-state index < -0.39 is 9.84 Å². The van der Waals surface area contributed by atoms with Crippen LogP contribution in [0.1, 0.15) is 4.88 Å². The molecule has 0 radical (unpaired) electrons. The number of aromatic nitrogens is 2. The maximum absolute atomic E-state index is 11.4. The fourth-order valence-corrected chi connectivity index (χ4v) is 5.15. The highest BCUT2D eigenvalue weighted by Crippen LogP contribution is 2.32. The summed E-state index contributed by atoms with van der Waals surface area (Å²) >= 11 is 1.55. The Morgan fingerprint density at radius 3 is 2.49 bits per heavy atom. The standard InChI is InChI=1S/C28H26N4O3S2/c1-37(33,34)16-15-29-18-27-28(31-19-36-27)20-7-12-25-24(17-20)26(13-14-30-25)32-21-8-10-23(11-9-21)35-22-5-3-2-4-6-22/h2-14,17,19,29H,15-16,18H2,1H3,(H,30,32). The van der Waals surface area contributed by atoms with E-state index in [1.165, 1.54) is 6.26 Å². The molecule has 5 aromatic rings. The highest BCUT2D eigenvalue weighted by molar-refractivity contribution is 7.90. The van der Waals surface area contributed by atoms with Gasteiger partial charge >= 0.3 is 0 Å². The van der Waals surface area contributed by atoms with Gasteiger partial charge in [0.05, 0.1) is 22.5 Å². The Kier molecular flexibility index (Phi) is 7.45. The maximum atomic E-state index is 11.4. The van der Waals surface area contributed by atoms with Crippen LogP contribution in [0, 0.1) is 0 Å². The maximum Gasteiger partial charge on any atom is 0.148 e. The summed E-state index contributed by atoms with van der Waals surface area (Å²) in [5, 5.41) is 7.69. The van der Waals surface area contributed by atoms with Crippen molar-refractivity contribution in [2.24, 2.45) is 0 Å². The molecule has 0 aliphatic carbocycles. The van der Waals surface area contributed by atoms with Crippen LogP contribution in [0.5, 0.6) is 11.5 Å². The van der Waals surface area contributed by atoms with Gasteiger partial charge in [-0.25, -0.2) is 13.4 Å². The lowest BCUT2D eigenvalue weighted by molar-refractivity contribution is 0.483. The van der Waals surface area contributed by atoms with Gasteiger partial charge < -0.3 is 15.4 Å². The molecule has 3 aromatic carbocycles. The molecule has 7 nitrogen and oxygen atoms in total. The number of para-hydroxylation sites is 1. The molecule has 0 fully saturated rings. The van der Waals surface area contributed by atoms with Crippen LogP contribution in [0.3, 0.4) is 0 Å². The first-order chi connectivity index (χ1) is 17.9. The van der Waals surface area contributed by atoms with Crippen LogP contribution in [0.25, 0.3) is 22.2 Å². The van der Waals surface area contributed by atoms with Crippen LogP contribution in [0.2, 0.25) is 0 Å². The summed E-state index contributed by atoms with van der Waals surface area (Å²) in [4.78, 5) is 10.2. The van der Waals surface area contributed by atoms with E-state index in [-0.39, 0.29) is 5.75 Å². The average molecular weight is 531 g/mol. The topological polar surface area (TPSA) is 93.2 Å². The number of nitrogens with zero attached hydrogens (tertiary/aromatic N) is 2. The van der Waals surface area contributed by atoms with Gasteiger partial charge in [0.2, 0.25) is 0 Å². The molecule has 0 atom stereocenters. The predicted molar refractivity (Wildman–Crippen MR) is 151 cm³/mol. The summed E-state index contributed by atoms with van der Waals surface area (Å²) in [5.74, 6) is 1.67. The van der Waals surface area contributed by atoms with Gasteiger partial charge in [-0.3, -0.25) is 4.98 Å². The molecule has 0 saturated carbocycles. The normalized spacial score (nSPS) is 11.5. The Balaban J connectivity index is 1.34. The Morgan fingerprint density at radius 2 is 1.70 bits per heavy atom. The second kappa shape index (κ2) is 11.1. The third-order valence-electron chi connectivity index (χ3n) is 5.70. The fourth-order valence-electron chi connectivity index (χ4n) is 3.88.